The van der Waals surface area contributed by atoms with E-state index in [9.17, 15) is 9.18 Å². The summed E-state index contributed by atoms with van der Waals surface area (Å²) in [6.07, 6.45) is 4.52. The first kappa shape index (κ1) is 25.9. The highest BCUT2D eigenvalue weighted by atomic mass is 35.5. The molecule has 36 heavy (non-hydrogen) atoms. The first-order valence-corrected chi connectivity index (χ1v) is 11.6. The second-order valence-corrected chi connectivity index (χ2v) is 8.80. The van der Waals surface area contributed by atoms with Gasteiger partial charge in [0.1, 0.15) is 19.0 Å². The summed E-state index contributed by atoms with van der Waals surface area (Å²) in [6, 6.07) is 16.2. The molecule has 0 bridgehead atoms. The number of benzene rings is 2. The SMILES string of the molecule is Cl.Cl.O=c1ccc2ccc(F)cc2n1-c1ccc2c(c1)CC[C@H](NCc1cc3c(cn1)OCCO3)C2. The Hall–Kier alpha value is -3.13. The molecule has 1 atom stereocenters. The maximum Gasteiger partial charge on any atom is 0.255 e. The summed E-state index contributed by atoms with van der Waals surface area (Å²) >= 11 is 0. The molecule has 3 heterocycles. The number of hydrogen-bond donors (Lipinski definition) is 1. The molecule has 1 aliphatic heterocycles. The van der Waals surface area contributed by atoms with E-state index in [2.05, 4.69) is 22.4 Å². The number of nitrogens with one attached hydrogen (secondary N) is 1. The van der Waals surface area contributed by atoms with Crippen LogP contribution in [0.15, 0.2) is 65.6 Å². The molecule has 6 rings (SSSR count). The average molecular weight is 530 g/mol. The van der Waals surface area contributed by atoms with Crippen LogP contribution in [0, 0.1) is 5.82 Å². The van der Waals surface area contributed by atoms with E-state index in [0.29, 0.717) is 37.1 Å². The Morgan fingerprint density at radius 3 is 2.64 bits per heavy atom. The Balaban J connectivity index is 0.00000152. The molecular formula is C27H26Cl2FN3O3. The number of halogens is 3. The van der Waals surface area contributed by atoms with Gasteiger partial charge in [-0.2, -0.15) is 0 Å². The van der Waals surface area contributed by atoms with Crippen molar-refractivity contribution in [2.24, 2.45) is 0 Å². The van der Waals surface area contributed by atoms with E-state index in [4.69, 9.17) is 9.47 Å². The number of aryl methyl sites for hydroxylation is 1. The predicted octanol–water partition coefficient (Wildman–Crippen LogP) is 4.79. The third-order valence-corrected chi connectivity index (χ3v) is 6.59. The minimum Gasteiger partial charge on any atom is -0.486 e. The number of hydrogen-bond acceptors (Lipinski definition) is 5. The van der Waals surface area contributed by atoms with Crippen LogP contribution in [0.1, 0.15) is 23.2 Å². The molecule has 0 unspecified atom stereocenters. The topological polar surface area (TPSA) is 65.4 Å². The lowest BCUT2D eigenvalue weighted by Gasteiger charge is -2.26. The van der Waals surface area contributed by atoms with Crippen LogP contribution >= 0.6 is 24.8 Å². The number of fused-ring (bicyclic) bond motifs is 3. The maximum atomic E-state index is 13.9. The molecule has 2 aromatic heterocycles. The van der Waals surface area contributed by atoms with Gasteiger partial charge in [-0.1, -0.05) is 6.07 Å². The van der Waals surface area contributed by atoms with Crippen molar-refractivity contribution < 1.29 is 13.9 Å². The second-order valence-electron chi connectivity index (χ2n) is 8.80. The first-order valence-electron chi connectivity index (χ1n) is 11.6. The number of pyridine rings is 2. The van der Waals surface area contributed by atoms with Crippen LogP contribution in [-0.4, -0.2) is 28.8 Å². The third-order valence-electron chi connectivity index (χ3n) is 6.59. The normalized spacial score (nSPS) is 16.0. The van der Waals surface area contributed by atoms with Crippen molar-refractivity contribution in [3.63, 3.8) is 0 Å². The summed E-state index contributed by atoms with van der Waals surface area (Å²) in [5.41, 5.74) is 4.60. The van der Waals surface area contributed by atoms with E-state index in [1.807, 2.05) is 12.1 Å². The fourth-order valence-corrected chi connectivity index (χ4v) is 4.86. The van der Waals surface area contributed by atoms with Gasteiger partial charge in [0.2, 0.25) is 0 Å². The lowest BCUT2D eigenvalue weighted by molar-refractivity contribution is 0.170. The molecule has 0 fully saturated rings. The summed E-state index contributed by atoms with van der Waals surface area (Å²) in [7, 11) is 0. The van der Waals surface area contributed by atoms with Gasteiger partial charge in [0.15, 0.2) is 11.5 Å². The summed E-state index contributed by atoms with van der Waals surface area (Å²) in [4.78, 5) is 17.2. The zero-order chi connectivity index (χ0) is 23.1. The van der Waals surface area contributed by atoms with Crippen LogP contribution in [0.3, 0.4) is 0 Å². The van der Waals surface area contributed by atoms with Crippen LogP contribution < -0.4 is 20.3 Å². The van der Waals surface area contributed by atoms with Crippen LogP contribution in [0.4, 0.5) is 4.39 Å². The van der Waals surface area contributed by atoms with E-state index in [1.54, 1.807) is 22.9 Å². The van der Waals surface area contributed by atoms with Gasteiger partial charge in [-0.05, 0) is 72.2 Å². The average Bonchev–Trinajstić information content (AvgIpc) is 2.87. The zero-order valence-electron chi connectivity index (χ0n) is 19.4. The lowest BCUT2D eigenvalue weighted by atomic mass is 9.88. The van der Waals surface area contributed by atoms with Gasteiger partial charge in [0, 0.05) is 30.4 Å². The molecule has 2 aliphatic rings. The fourth-order valence-electron chi connectivity index (χ4n) is 4.86. The van der Waals surface area contributed by atoms with Crippen molar-refractivity contribution in [1.29, 1.82) is 0 Å². The van der Waals surface area contributed by atoms with Crippen molar-refractivity contribution in [2.45, 2.75) is 31.8 Å². The Morgan fingerprint density at radius 1 is 0.972 bits per heavy atom. The summed E-state index contributed by atoms with van der Waals surface area (Å²) in [6.45, 7) is 1.78. The Kier molecular flexibility index (Phi) is 7.83. The van der Waals surface area contributed by atoms with Gasteiger partial charge in [-0.25, -0.2) is 4.39 Å². The molecular weight excluding hydrogens is 504 g/mol. The summed E-state index contributed by atoms with van der Waals surface area (Å²) < 4.78 is 26.7. The van der Waals surface area contributed by atoms with Crippen LogP contribution in [-0.2, 0) is 19.4 Å². The Bertz CT molecular complexity index is 1460. The molecule has 0 spiro atoms. The maximum absolute atomic E-state index is 13.9. The summed E-state index contributed by atoms with van der Waals surface area (Å²) in [5.74, 6) is 1.10. The number of nitrogens with zero attached hydrogens (tertiary/aromatic N) is 2. The molecule has 6 nitrogen and oxygen atoms in total. The highest BCUT2D eigenvalue weighted by Crippen LogP contribution is 2.30. The van der Waals surface area contributed by atoms with Crippen LogP contribution in [0.2, 0.25) is 0 Å². The Morgan fingerprint density at radius 2 is 1.78 bits per heavy atom. The smallest absolute Gasteiger partial charge is 0.255 e. The molecule has 4 aromatic rings. The third kappa shape index (κ3) is 5.05. The van der Waals surface area contributed by atoms with Crippen molar-refractivity contribution in [2.75, 3.05) is 13.2 Å². The highest BCUT2D eigenvalue weighted by Gasteiger charge is 2.20. The predicted molar refractivity (Wildman–Crippen MR) is 142 cm³/mol. The van der Waals surface area contributed by atoms with Gasteiger partial charge in [-0.3, -0.25) is 14.3 Å². The van der Waals surface area contributed by atoms with Crippen molar-refractivity contribution >= 4 is 35.7 Å². The van der Waals surface area contributed by atoms with Gasteiger partial charge in [-0.15, -0.1) is 24.8 Å². The van der Waals surface area contributed by atoms with E-state index in [1.165, 1.54) is 29.3 Å². The van der Waals surface area contributed by atoms with Crippen LogP contribution in [0.25, 0.3) is 16.6 Å². The van der Waals surface area contributed by atoms with E-state index >= 15 is 0 Å². The monoisotopic (exact) mass is 529 g/mol. The molecule has 2 aromatic carbocycles. The fraction of sp³-hybridized carbons (Fsp3) is 0.259. The number of rotatable bonds is 4. The van der Waals surface area contributed by atoms with Gasteiger partial charge in [0.05, 0.1) is 17.4 Å². The second kappa shape index (κ2) is 10.9. The van der Waals surface area contributed by atoms with Crippen molar-refractivity contribution in [1.82, 2.24) is 14.9 Å². The molecule has 188 valence electrons. The first-order chi connectivity index (χ1) is 16.6. The van der Waals surface area contributed by atoms with Gasteiger partial charge >= 0.3 is 0 Å². The molecule has 0 saturated carbocycles. The van der Waals surface area contributed by atoms with Crippen LogP contribution in [0.5, 0.6) is 11.5 Å². The molecule has 1 aliphatic carbocycles. The van der Waals surface area contributed by atoms with Gasteiger partial charge < -0.3 is 14.8 Å². The molecule has 0 amide bonds. The van der Waals surface area contributed by atoms with E-state index < -0.39 is 0 Å². The summed E-state index contributed by atoms with van der Waals surface area (Å²) in [5, 5.41) is 4.45. The zero-order valence-corrected chi connectivity index (χ0v) is 21.0. The van der Waals surface area contributed by atoms with Gasteiger partial charge in [0.25, 0.3) is 5.56 Å². The molecule has 0 radical (unpaired) electrons. The molecule has 9 heteroatoms. The molecule has 0 saturated heterocycles. The quantitative estimate of drug-likeness (QED) is 0.411. The van der Waals surface area contributed by atoms with Crippen molar-refractivity contribution in [3.05, 3.63) is 93.8 Å². The van der Waals surface area contributed by atoms with E-state index in [0.717, 1.165) is 41.8 Å². The standard InChI is InChI=1S/C27H24FN3O3.2ClH/c28-20-5-1-17-4-8-27(32)31(24(17)13-20)23-7-3-18-11-21(6-2-19(18)12-23)29-15-22-14-25-26(16-30-22)34-10-9-33-25;;/h1,3-5,7-8,12-14,16,21,29H,2,6,9-11,15H2;2*1H/t21-;;/m0../s1. The van der Waals surface area contributed by atoms with Crippen molar-refractivity contribution in [3.8, 4) is 17.2 Å². The minimum atomic E-state index is -0.355. The lowest BCUT2D eigenvalue weighted by Crippen LogP contribution is -2.34. The molecule has 1 N–H and O–H groups in total. The minimum absolute atomic E-state index is 0. The Labute approximate surface area is 220 Å². The van der Waals surface area contributed by atoms with E-state index in [-0.39, 0.29) is 36.2 Å². The highest BCUT2D eigenvalue weighted by molar-refractivity contribution is 5.85. The number of aromatic nitrogens is 2. The largest absolute Gasteiger partial charge is 0.486 e. The number of ether oxygens (including phenoxy) is 2.